The number of rotatable bonds is 1. The molecule has 0 unspecified atom stereocenters. The fraction of sp³-hybridized carbons (Fsp3) is 0.200. The van der Waals surface area contributed by atoms with E-state index in [1.807, 2.05) is 19.1 Å². The van der Waals surface area contributed by atoms with Crippen LogP contribution in [-0.4, -0.2) is 21.9 Å². The molecule has 0 bridgehead atoms. The first-order chi connectivity index (χ1) is 2.41. The summed E-state index contributed by atoms with van der Waals surface area (Å²) in [6, 6.07) is 0. The summed E-state index contributed by atoms with van der Waals surface area (Å²) in [5.74, 6) is 0. The summed E-state index contributed by atoms with van der Waals surface area (Å²) in [6.07, 6.45) is 5.58. The van der Waals surface area contributed by atoms with Gasteiger partial charge in [0.15, 0.2) is 0 Å². The Morgan fingerprint density at radius 1 is 1.00 bits per heavy atom. The molecule has 0 spiro atoms. The van der Waals surface area contributed by atoms with Crippen LogP contribution in [-0.2, 0) is 21.7 Å². The largest absolute Gasteiger partial charge is 0.412 e. The van der Waals surface area contributed by atoms with Crippen molar-refractivity contribution in [1.82, 2.24) is 0 Å². The van der Waals surface area contributed by atoms with E-state index in [0.29, 0.717) is 0 Å². The fourth-order valence-electron chi connectivity index (χ4n) is 0.136. The molecule has 10 heavy (non-hydrogen) atoms. The molecule has 0 aliphatic rings. The van der Waals surface area contributed by atoms with Crippen molar-refractivity contribution in [3.63, 3.8) is 0 Å². The predicted molar refractivity (Wildman–Crippen MR) is 39.5 cm³/mol. The van der Waals surface area contributed by atoms with Crippen molar-refractivity contribution in [2.45, 2.75) is 6.92 Å². The van der Waals surface area contributed by atoms with Crippen LogP contribution in [0.3, 0.4) is 0 Å². The minimum absolute atomic E-state index is 0. The van der Waals surface area contributed by atoms with Gasteiger partial charge in [0, 0.05) is 21.7 Å². The van der Waals surface area contributed by atoms with Crippen molar-refractivity contribution in [1.29, 1.82) is 0 Å². The molecule has 64 valence electrons. The van der Waals surface area contributed by atoms with Crippen molar-refractivity contribution >= 4 is 0 Å². The van der Waals surface area contributed by atoms with Gasteiger partial charge in [-0.15, -0.1) is 0 Å². The van der Waals surface area contributed by atoms with Gasteiger partial charge in [-0.05, 0) is 6.92 Å². The summed E-state index contributed by atoms with van der Waals surface area (Å²) in [5, 5.41) is 0. The molecule has 0 saturated heterocycles. The van der Waals surface area contributed by atoms with Gasteiger partial charge < -0.3 is 21.9 Å². The van der Waals surface area contributed by atoms with Crippen LogP contribution < -0.4 is 0 Å². The van der Waals surface area contributed by atoms with Crippen LogP contribution in [0.4, 0.5) is 0 Å². The molecule has 5 heteroatoms. The van der Waals surface area contributed by atoms with Crippen molar-refractivity contribution in [3.05, 3.63) is 24.8 Å². The van der Waals surface area contributed by atoms with Gasteiger partial charge in [0.2, 0.25) is 0 Å². The number of hydrogen-bond acceptors (Lipinski definition) is 0. The summed E-state index contributed by atoms with van der Waals surface area (Å²) in [6.45, 7) is 5.42. The van der Waals surface area contributed by atoms with Gasteiger partial charge >= 0.3 is 0 Å². The zero-order chi connectivity index (χ0) is 4.12. The Balaban J connectivity index is -0.00000000800. The predicted octanol–water partition coefficient (Wildman–Crippen LogP) is -1.55. The Kier molecular flexibility index (Phi) is 319. The molecule has 0 saturated carbocycles. The summed E-state index contributed by atoms with van der Waals surface area (Å²) in [5.41, 5.74) is 0. The summed E-state index contributed by atoms with van der Waals surface area (Å²) in [4.78, 5) is 0. The van der Waals surface area contributed by atoms with Gasteiger partial charge in [0.1, 0.15) is 0 Å². The topological polar surface area (TPSA) is 126 Å². The molecule has 0 atom stereocenters. The Labute approximate surface area is 75.7 Å². The molecule has 0 aromatic carbocycles. The molecule has 0 amide bonds. The van der Waals surface area contributed by atoms with Crippen molar-refractivity contribution in [3.8, 4) is 0 Å². The van der Waals surface area contributed by atoms with Crippen molar-refractivity contribution in [2.24, 2.45) is 0 Å². The number of allylic oxidation sites excluding steroid dienone is 3. The van der Waals surface area contributed by atoms with E-state index in [-0.39, 0.29) is 43.6 Å². The fourth-order valence-corrected chi connectivity index (χ4v) is 0.136. The SMILES string of the molecule is C=C/C=C/C.O.O.O.O.[Ti]. The Hall–Kier alpha value is 0.0343. The molecular weight excluding hydrogens is 172 g/mol. The smallest absolute Gasteiger partial charge is 0 e. The van der Waals surface area contributed by atoms with E-state index in [1.165, 1.54) is 0 Å². The minimum atomic E-state index is 0. The second kappa shape index (κ2) is 63.3. The molecular formula is C5H16O4Ti. The maximum absolute atomic E-state index is 3.46. The van der Waals surface area contributed by atoms with Gasteiger partial charge in [-0.3, -0.25) is 0 Å². The molecule has 0 aromatic heterocycles. The van der Waals surface area contributed by atoms with Gasteiger partial charge in [0.25, 0.3) is 0 Å². The monoisotopic (exact) mass is 188 g/mol. The molecule has 4 nitrogen and oxygen atoms in total. The quantitative estimate of drug-likeness (QED) is 0.348. The Morgan fingerprint density at radius 3 is 1.30 bits per heavy atom. The Morgan fingerprint density at radius 2 is 1.30 bits per heavy atom. The van der Waals surface area contributed by atoms with Crippen LogP contribution >= 0.6 is 0 Å². The van der Waals surface area contributed by atoms with E-state index >= 15 is 0 Å². The van der Waals surface area contributed by atoms with E-state index in [0.717, 1.165) is 0 Å². The number of hydrogen-bond donors (Lipinski definition) is 0. The van der Waals surface area contributed by atoms with Crippen LogP contribution in [0.1, 0.15) is 6.92 Å². The second-order valence-corrected chi connectivity index (χ2v) is 0.761. The van der Waals surface area contributed by atoms with Crippen LogP contribution in [0.2, 0.25) is 0 Å². The van der Waals surface area contributed by atoms with E-state index in [2.05, 4.69) is 6.58 Å². The van der Waals surface area contributed by atoms with Crippen LogP contribution in [0.25, 0.3) is 0 Å². The average Bonchev–Trinajstić information content (AvgIpc) is 1.41. The second-order valence-electron chi connectivity index (χ2n) is 0.761. The molecule has 8 N–H and O–H groups in total. The van der Waals surface area contributed by atoms with Gasteiger partial charge in [-0.2, -0.15) is 0 Å². The minimum Gasteiger partial charge on any atom is -0.412 e. The van der Waals surface area contributed by atoms with Crippen LogP contribution in [0.15, 0.2) is 24.8 Å². The molecule has 0 heterocycles. The molecule has 0 aromatic rings. The van der Waals surface area contributed by atoms with E-state index in [4.69, 9.17) is 0 Å². The zero-order valence-electron chi connectivity index (χ0n) is 5.94. The zero-order valence-corrected chi connectivity index (χ0v) is 7.50. The summed E-state index contributed by atoms with van der Waals surface area (Å²) in [7, 11) is 0. The molecule has 0 aliphatic carbocycles. The van der Waals surface area contributed by atoms with E-state index in [9.17, 15) is 0 Å². The van der Waals surface area contributed by atoms with Gasteiger partial charge in [-0.25, -0.2) is 0 Å². The first-order valence-corrected chi connectivity index (χ1v) is 1.65. The third-order valence-electron chi connectivity index (χ3n) is 0.329. The molecule has 0 fully saturated rings. The maximum Gasteiger partial charge on any atom is 0 e. The first kappa shape index (κ1) is 50.3. The van der Waals surface area contributed by atoms with Crippen molar-refractivity contribution in [2.75, 3.05) is 0 Å². The van der Waals surface area contributed by atoms with E-state index in [1.54, 1.807) is 6.08 Å². The van der Waals surface area contributed by atoms with Gasteiger partial charge in [0.05, 0.1) is 0 Å². The van der Waals surface area contributed by atoms with E-state index < -0.39 is 0 Å². The average molecular weight is 188 g/mol. The molecule has 0 aliphatic heterocycles. The standard InChI is InChI=1S/C5H8.4H2O.Ti/c1-3-5-4-2;;;;;/h3-5H,1H2,2H3;4*1H2;/b5-4+;;;;;. The van der Waals surface area contributed by atoms with Crippen LogP contribution in [0, 0.1) is 0 Å². The van der Waals surface area contributed by atoms with Gasteiger partial charge in [-0.1, -0.05) is 24.8 Å². The normalized spacial score (nSPS) is 4.50. The van der Waals surface area contributed by atoms with Crippen molar-refractivity contribution < 1.29 is 43.6 Å². The Bertz CT molecular complexity index is 55.6. The third-order valence-corrected chi connectivity index (χ3v) is 0.329. The first-order valence-electron chi connectivity index (χ1n) is 1.65. The summed E-state index contributed by atoms with van der Waals surface area (Å²) < 4.78 is 0. The summed E-state index contributed by atoms with van der Waals surface area (Å²) >= 11 is 0. The third kappa shape index (κ3) is 96.1. The molecule has 0 rings (SSSR count). The van der Waals surface area contributed by atoms with Crippen LogP contribution in [0.5, 0.6) is 0 Å². The molecule has 0 radical (unpaired) electrons. The maximum atomic E-state index is 3.46.